The minimum absolute atomic E-state index is 0.0362. The maximum Gasteiger partial charge on any atom is 0.268 e. The molecule has 0 saturated carbocycles. The Morgan fingerprint density at radius 1 is 1.18 bits per heavy atom. The Morgan fingerprint density at radius 3 is 2.64 bits per heavy atom. The number of nitrogens with one attached hydrogen (secondary N) is 2. The lowest BCUT2D eigenvalue weighted by atomic mass is 9.97. The lowest BCUT2D eigenvalue weighted by Gasteiger charge is -2.39. The van der Waals surface area contributed by atoms with Gasteiger partial charge >= 0.3 is 0 Å². The van der Waals surface area contributed by atoms with Crippen LogP contribution in [0.15, 0.2) is 30.5 Å². The van der Waals surface area contributed by atoms with E-state index in [-0.39, 0.29) is 11.7 Å². The number of carbonyl (C=O) groups is 1. The number of hydrogen-bond acceptors (Lipinski definition) is 5. The van der Waals surface area contributed by atoms with Crippen molar-refractivity contribution >= 4 is 17.4 Å². The van der Waals surface area contributed by atoms with Gasteiger partial charge < -0.3 is 20.4 Å². The summed E-state index contributed by atoms with van der Waals surface area (Å²) in [7, 11) is 0. The first-order valence-corrected chi connectivity index (χ1v) is 12.1. The number of imidazole rings is 1. The summed E-state index contributed by atoms with van der Waals surface area (Å²) >= 11 is 0. The smallest absolute Gasteiger partial charge is 0.268 e. The zero-order chi connectivity index (χ0) is 23.4. The van der Waals surface area contributed by atoms with Gasteiger partial charge in [0.15, 0.2) is 17.8 Å². The number of aromatic amines is 1. The number of anilines is 1. The molecular weight excluding hydrogens is 416 g/mol. The Balaban J connectivity index is 1.35. The average molecular weight is 453 g/mol. The molecule has 2 aliphatic heterocycles. The number of nitrogens with zero attached hydrogens (tertiary/aromatic N) is 3. The van der Waals surface area contributed by atoms with E-state index in [4.69, 9.17) is 15.9 Å². The summed E-state index contributed by atoms with van der Waals surface area (Å²) in [4.78, 5) is 24.9. The molecule has 1 aromatic carbocycles. The Hall–Kier alpha value is -2.87. The number of H-pyrrole nitrogens is 1. The molecule has 1 aromatic heterocycles. The second-order valence-electron chi connectivity index (χ2n) is 9.37. The summed E-state index contributed by atoms with van der Waals surface area (Å²) in [6, 6.07) is 9.08. The molecule has 2 aliphatic rings. The third kappa shape index (κ3) is 5.38. The highest BCUT2D eigenvalue weighted by Gasteiger charge is 2.34. The van der Waals surface area contributed by atoms with Crippen LogP contribution in [0.25, 0.3) is 0 Å². The number of carbonyl (C=O) groups excluding carboxylic acids is 1. The first-order chi connectivity index (χ1) is 15.9. The van der Waals surface area contributed by atoms with E-state index < -0.39 is 6.10 Å². The molecule has 4 N–H and O–H groups in total. The molecule has 1 amide bonds. The van der Waals surface area contributed by atoms with E-state index in [0.29, 0.717) is 30.9 Å². The van der Waals surface area contributed by atoms with Crippen molar-refractivity contribution in [1.29, 1.82) is 5.41 Å². The Labute approximate surface area is 196 Å². The Bertz CT molecular complexity index is 963. The van der Waals surface area contributed by atoms with Crippen LogP contribution in [0.4, 0.5) is 5.69 Å². The highest BCUT2D eigenvalue weighted by molar-refractivity contribution is 6.00. The number of benzene rings is 1. The normalized spacial score (nSPS) is 23.3. The standard InChI is InChI=1S/C25H36N6O2/c1-17-9-8-10-18(2)30(17)13-6-3-7-14-31-20-11-4-5-12-21(20)33-22(25(31)32)15-19-16-28-24(29-19)23(26)27/h4-5,11-12,16-18,22H,3,6-10,13-15H2,1-2H3,(H3,26,27)(H,28,29)/t17-,18+,22?. The first-order valence-electron chi connectivity index (χ1n) is 12.1. The van der Waals surface area contributed by atoms with Gasteiger partial charge in [-0.15, -0.1) is 0 Å². The van der Waals surface area contributed by atoms with Crippen molar-refractivity contribution in [3.05, 3.63) is 42.0 Å². The first kappa shape index (κ1) is 23.3. The molecule has 0 spiro atoms. The molecule has 178 valence electrons. The average Bonchev–Trinajstić information content (AvgIpc) is 3.26. The molecule has 0 radical (unpaired) electrons. The number of fused-ring (bicyclic) bond motifs is 1. The van der Waals surface area contributed by atoms with E-state index in [1.165, 1.54) is 19.3 Å². The largest absolute Gasteiger partial charge is 0.478 e. The number of likely N-dealkylation sites (tertiary alicyclic amines) is 1. The summed E-state index contributed by atoms with van der Waals surface area (Å²) < 4.78 is 6.05. The fraction of sp³-hybridized carbons (Fsp3) is 0.560. The van der Waals surface area contributed by atoms with E-state index in [1.807, 2.05) is 29.2 Å². The fourth-order valence-electron chi connectivity index (χ4n) is 5.09. The van der Waals surface area contributed by atoms with Crippen molar-refractivity contribution < 1.29 is 9.53 Å². The number of rotatable bonds is 9. The lowest BCUT2D eigenvalue weighted by molar-refractivity contribution is -0.126. The van der Waals surface area contributed by atoms with Crippen LogP contribution in [-0.2, 0) is 11.2 Å². The zero-order valence-corrected chi connectivity index (χ0v) is 19.7. The molecule has 8 heteroatoms. The number of nitrogens with two attached hydrogens (primary N) is 1. The number of amidine groups is 1. The van der Waals surface area contributed by atoms with Crippen LogP contribution >= 0.6 is 0 Å². The molecule has 1 saturated heterocycles. The highest BCUT2D eigenvalue weighted by atomic mass is 16.5. The SMILES string of the molecule is C[C@@H]1CCC[C@H](C)N1CCCCCN1C(=O)C(Cc2cnc(C(=N)N)[nH]2)Oc2ccccc21. The van der Waals surface area contributed by atoms with Crippen LogP contribution < -0.4 is 15.4 Å². The molecule has 3 heterocycles. The Morgan fingerprint density at radius 2 is 1.91 bits per heavy atom. The Kier molecular flexibility index (Phi) is 7.33. The molecule has 33 heavy (non-hydrogen) atoms. The monoisotopic (exact) mass is 452 g/mol. The predicted molar refractivity (Wildman–Crippen MR) is 130 cm³/mol. The number of amides is 1. The number of ether oxygens (including phenoxy) is 1. The second kappa shape index (κ2) is 10.4. The summed E-state index contributed by atoms with van der Waals surface area (Å²) in [5.74, 6) is 0.871. The van der Waals surface area contributed by atoms with Gasteiger partial charge in [0, 0.05) is 36.9 Å². The van der Waals surface area contributed by atoms with Gasteiger partial charge in [-0.2, -0.15) is 0 Å². The van der Waals surface area contributed by atoms with Gasteiger partial charge in [-0.25, -0.2) is 4.98 Å². The molecule has 4 rings (SSSR count). The van der Waals surface area contributed by atoms with Gasteiger partial charge in [0.05, 0.1) is 5.69 Å². The summed E-state index contributed by atoms with van der Waals surface area (Å²) in [6.45, 7) is 6.51. The number of aromatic nitrogens is 2. The van der Waals surface area contributed by atoms with E-state index >= 15 is 0 Å². The molecule has 8 nitrogen and oxygen atoms in total. The van der Waals surface area contributed by atoms with Crippen LogP contribution in [0.1, 0.15) is 63.9 Å². The van der Waals surface area contributed by atoms with Gasteiger partial charge in [0.25, 0.3) is 5.91 Å². The third-order valence-electron chi connectivity index (χ3n) is 6.93. The van der Waals surface area contributed by atoms with Crippen LogP contribution in [0.5, 0.6) is 5.75 Å². The molecular formula is C25H36N6O2. The third-order valence-corrected chi connectivity index (χ3v) is 6.93. The van der Waals surface area contributed by atoms with Crippen LogP contribution in [-0.4, -0.2) is 57.9 Å². The van der Waals surface area contributed by atoms with E-state index in [9.17, 15) is 4.79 Å². The molecule has 3 atom stereocenters. The predicted octanol–water partition coefficient (Wildman–Crippen LogP) is 3.46. The van der Waals surface area contributed by atoms with Crippen LogP contribution in [0.2, 0.25) is 0 Å². The molecule has 0 aliphatic carbocycles. The maximum absolute atomic E-state index is 13.3. The van der Waals surface area contributed by atoms with Crippen molar-refractivity contribution in [3.63, 3.8) is 0 Å². The number of para-hydroxylation sites is 2. The summed E-state index contributed by atoms with van der Waals surface area (Å²) in [5, 5.41) is 7.51. The van der Waals surface area contributed by atoms with E-state index in [0.717, 1.165) is 42.9 Å². The van der Waals surface area contributed by atoms with Crippen molar-refractivity contribution in [2.24, 2.45) is 5.73 Å². The number of piperidine rings is 1. The van der Waals surface area contributed by atoms with Crippen LogP contribution in [0, 0.1) is 5.41 Å². The minimum atomic E-state index is -0.629. The van der Waals surface area contributed by atoms with Crippen molar-refractivity contribution in [2.75, 3.05) is 18.0 Å². The molecule has 1 fully saturated rings. The van der Waals surface area contributed by atoms with Crippen LogP contribution in [0.3, 0.4) is 0 Å². The van der Waals surface area contributed by atoms with Crippen molar-refractivity contribution in [2.45, 2.75) is 77.0 Å². The van der Waals surface area contributed by atoms with Crippen molar-refractivity contribution in [1.82, 2.24) is 14.9 Å². The van der Waals surface area contributed by atoms with Gasteiger partial charge in [-0.1, -0.05) is 25.0 Å². The maximum atomic E-state index is 13.3. The topological polar surface area (TPSA) is 111 Å². The lowest BCUT2D eigenvalue weighted by Crippen LogP contribution is -2.47. The number of unbranched alkanes of at least 4 members (excludes halogenated alkanes) is 2. The van der Waals surface area contributed by atoms with Gasteiger partial charge in [-0.05, 0) is 58.2 Å². The number of hydrogen-bond donors (Lipinski definition) is 3. The van der Waals surface area contributed by atoms with Gasteiger partial charge in [0.1, 0.15) is 5.75 Å². The second-order valence-corrected chi connectivity index (χ2v) is 9.37. The highest BCUT2D eigenvalue weighted by Crippen LogP contribution is 2.34. The van der Waals surface area contributed by atoms with Crippen molar-refractivity contribution in [3.8, 4) is 5.75 Å². The zero-order valence-electron chi connectivity index (χ0n) is 19.7. The summed E-state index contributed by atoms with van der Waals surface area (Å²) in [6.07, 6.45) is 8.49. The van der Waals surface area contributed by atoms with E-state index in [1.54, 1.807) is 6.20 Å². The fourth-order valence-corrected chi connectivity index (χ4v) is 5.09. The van der Waals surface area contributed by atoms with Gasteiger partial charge in [0.2, 0.25) is 0 Å². The molecule has 0 bridgehead atoms. The minimum Gasteiger partial charge on any atom is -0.478 e. The molecule has 1 unspecified atom stereocenters. The summed E-state index contributed by atoms with van der Waals surface area (Å²) in [5.41, 5.74) is 7.06. The number of nitrogen functional groups attached to an aromatic ring is 1. The molecule has 2 aromatic rings. The van der Waals surface area contributed by atoms with Gasteiger partial charge in [-0.3, -0.25) is 15.1 Å². The van der Waals surface area contributed by atoms with E-state index in [2.05, 4.69) is 28.7 Å². The quantitative estimate of drug-likeness (QED) is 0.306.